The predicted octanol–water partition coefficient (Wildman–Crippen LogP) is 4.15. The first-order chi connectivity index (χ1) is 12.1. The van der Waals surface area contributed by atoms with Crippen LogP contribution in [-0.4, -0.2) is 32.2 Å². The summed E-state index contributed by atoms with van der Waals surface area (Å²) >= 11 is 0. The Hall–Kier alpha value is -2.70. The molecular formula is C19H26N4O3. The van der Waals surface area contributed by atoms with Gasteiger partial charge in [0, 0.05) is 36.0 Å². The smallest absolute Gasteiger partial charge is 0.412 e. The van der Waals surface area contributed by atoms with Gasteiger partial charge in [0.15, 0.2) is 5.78 Å². The minimum Gasteiger partial charge on any atom is -0.444 e. The maximum Gasteiger partial charge on any atom is 0.412 e. The number of carbonyl (C=O) groups is 2. The normalized spacial score (nSPS) is 11.5. The Bertz CT molecular complexity index is 803. The summed E-state index contributed by atoms with van der Waals surface area (Å²) in [6.07, 6.45) is 4.60. The standard InChI is InChI=1S/C19H26N4O3/c1-7-23-11-14(10-21-23)13-8-15(22-18(25)26-19(4,5)6)16(20-9-13)17(24)12(2)3/h8-12H,7H2,1-6H3,(H,22,25). The van der Waals surface area contributed by atoms with Crippen molar-refractivity contribution >= 4 is 17.6 Å². The van der Waals surface area contributed by atoms with Gasteiger partial charge in [0.25, 0.3) is 0 Å². The highest BCUT2D eigenvalue weighted by atomic mass is 16.6. The van der Waals surface area contributed by atoms with Gasteiger partial charge in [-0.1, -0.05) is 13.8 Å². The van der Waals surface area contributed by atoms with E-state index in [1.54, 1.807) is 57.8 Å². The molecule has 0 aliphatic heterocycles. The van der Waals surface area contributed by atoms with Crippen molar-refractivity contribution in [2.75, 3.05) is 5.32 Å². The summed E-state index contributed by atoms with van der Waals surface area (Å²) in [6, 6.07) is 1.73. The largest absolute Gasteiger partial charge is 0.444 e. The number of amides is 1. The maximum absolute atomic E-state index is 12.5. The molecule has 1 amide bonds. The summed E-state index contributed by atoms with van der Waals surface area (Å²) in [4.78, 5) is 28.9. The first kappa shape index (κ1) is 19.6. The maximum atomic E-state index is 12.5. The highest BCUT2D eigenvalue weighted by molar-refractivity contribution is 6.03. The molecule has 0 saturated carbocycles. The number of carbonyl (C=O) groups excluding carboxylic acids is 2. The van der Waals surface area contributed by atoms with Crippen molar-refractivity contribution in [1.82, 2.24) is 14.8 Å². The molecule has 7 heteroatoms. The Labute approximate surface area is 153 Å². The number of Topliss-reactive ketones (excluding diaryl/α,β-unsaturated/α-hetero) is 1. The molecule has 2 heterocycles. The molecule has 0 aliphatic rings. The highest BCUT2D eigenvalue weighted by Crippen LogP contribution is 2.26. The molecule has 0 fully saturated rings. The van der Waals surface area contributed by atoms with Crippen LogP contribution in [0.5, 0.6) is 0 Å². The third kappa shape index (κ3) is 4.91. The van der Waals surface area contributed by atoms with Gasteiger partial charge < -0.3 is 4.74 Å². The van der Waals surface area contributed by atoms with Gasteiger partial charge in [0.2, 0.25) is 0 Å². The molecule has 0 saturated heterocycles. The zero-order chi connectivity index (χ0) is 19.5. The number of aryl methyl sites for hydroxylation is 1. The fraction of sp³-hybridized carbons (Fsp3) is 0.474. The number of hydrogen-bond acceptors (Lipinski definition) is 5. The van der Waals surface area contributed by atoms with Crippen molar-refractivity contribution in [3.8, 4) is 11.1 Å². The van der Waals surface area contributed by atoms with Crippen LogP contribution < -0.4 is 5.32 Å². The van der Waals surface area contributed by atoms with E-state index >= 15 is 0 Å². The number of nitrogens with one attached hydrogen (secondary N) is 1. The summed E-state index contributed by atoms with van der Waals surface area (Å²) in [5.74, 6) is -0.387. The molecule has 0 radical (unpaired) electrons. The van der Waals surface area contributed by atoms with Crippen molar-refractivity contribution in [1.29, 1.82) is 0 Å². The number of ketones is 1. The molecule has 0 atom stereocenters. The van der Waals surface area contributed by atoms with Crippen LogP contribution >= 0.6 is 0 Å². The molecule has 26 heavy (non-hydrogen) atoms. The minimum absolute atomic E-state index is 0.146. The molecule has 2 aromatic heterocycles. The quantitative estimate of drug-likeness (QED) is 0.811. The molecule has 140 valence electrons. The average molecular weight is 358 g/mol. The summed E-state index contributed by atoms with van der Waals surface area (Å²) in [5.41, 5.74) is 1.53. The average Bonchev–Trinajstić information content (AvgIpc) is 3.01. The van der Waals surface area contributed by atoms with Crippen molar-refractivity contribution in [2.24, 2.45) is 5.92 Å². The second-order valence-electron chi connectivity index (χ2n) is 7.35. The fourth-order valence-corrected chi connectivity index (χ4v) is 2.29. The van der Waals surface area contributed by atoms with Crippen molar-refractivity contribution in [3.05, 3.63) is 30.4 Å². The minimum atomic E-state index is -0.639. The topological polar surface area (TPSA) is 86.1 Å². The number of nitrogens with zero attached hydrogens (tertiary/aromatic N) is 3. The van der Waals surface area contributed by atoms with Crippen LogP contribution in [0, 0.1) is 5.92 Å². The number of aromatic nitrogens is 3. The Balaban J connectivity index is 2.40. The summed E-state index contributed by atoms with van der Waals surface area (Å²) in [6.45, 7) is 11.7. The van der Waals surface area contributed by atoms with Crippen LogP contribution in [0.2, 0.25) is 0 Å². The lowest BCUT2D eigenvalue weighted by molar-refractivity contribution is 0.0636. The third-order valence-electron chi connectivity index (χ3n) is 3.57. The predicted molar refractivity (Wildman–Crippen MR) is 100 cm³/mol. The lowest BCUT2D eigenvalue weighted by Gasteiger charge is -2.20. The first-order valence-corrected chi connectivity index (χ1v) is 8.67. The van der Waals surface area contributed by atoms with Crippen LogP contribution in [0.1, 0.15) is 52.0 Å². The molecule has 2 rings (SSSR count). The van der Waals surface area contributed by atoms with Crippen LogP contribution in [-0.2, 0) is 11.3 Å². The molecule has 0 bridgehead atoms. The van der Waals surface area contributed by atoms with E-state index in [1.165, 1.54) is 0 Å². The van der Waals surface area contributed by atoms with Gasteiger partial charge in [-0.2, -0.15) is 5.10 Å². The highest BCUT2D eigenvalue weighted by Gasteiger charge is 2.22. The van der Waals surface area contributed by atoms with Gasteiger partial charge in [0.1, 0.15) is 11.3 Å². The number of anilines is 1. The molecular weight excluding hydrogens is 332 g/mol. The van der Waals surface area contributed by atoms with Gasteiger partial charge >= 0.3 is 6.09 Å². The molecule has 0 spiro atoms. The Kier molecular flexibility index (Phi) is 5.79. The van der Waals surface area contributed by atoms with Crippen LogP contribution in [0.25, 0.3) is 11.1 Å². The monoisotopic (exact) mass is 358 g/mol. The van der Waals surface area contributed by atoms with E-state index in [0.717, 1.165) is 17.7 Å². The van der Waals surface area contributed by atoms with Crippen LogP contribution in [0.15, 0.2) is 24.7 Å². The van der Waals surface area contributed by atoms with Gasteiger partial charge in [-0.05, 0) is 33.8 Å². The first-order valence-electron chi connectivity index (χ1n) is 8.67. The Morgan fingerprint density at radius 3 is 2.46 bits per heavy atom. The Morgan fingerprint density at radius 2 is 1.92 bits per heavy atom. The SMILES string of the molecule is CCn1cc(-c2cnc(C(=O)C(C)C)c(NC(=O)OC(C)(C)C)c2)cn1. The molecule has 7 nitrogen and oxygen atoms in total. The Morgan fingerprint density at radius 1 is 1.23 bits per heavy atom. The van der Waals surface area contributed by atoms with Gasteiger partial charge in [-0.3, -0.25) is 19.8 Å². The lowest BCUT2D eigenvalue weighted by atomic mass is 10.0. The van der Waals surface area contributed by atoms with Gasteiger partial charge in [0.05, 0.1) is 11.9 Å². The number of hydrogen-bond donors (Lipinski definition) is 1. The molecule has 0 aliphatic carbocycles. The van der Waals surface area contributed by atoms with E-state index in [4.69, 9.17) is 4.74 Å². The van der Waals surface area contributed by atoms with Crippen molar-refractivity contribution in [3.63, 3.8) is 0 Å². The van der Waals surface area contributed by atoms with Gasteiger partial charge in [-0.25, -0.2) is 4.79 Å². The van der Waals surface area contributed by atoms with E-state index in [-0.39, 0.29) is 17.4 Å². The van der Waals surface area contributed by atoms with E-state index in [2.05, 4.69) is 15.4 Å². The van der Waals surface area contributed by atoms with Crippen LogP contribution in [0.4, 0.5) is 10.5 Å². The van der Waals surface area contributed by atoms with Crippen LogP contribution in [0.3, 0.4) is 0 Å². The van der Waals surface area contributed by atoms with E-state index in [0.29, 0.717) is 5.69 Å². The van der Waals surface area contributed by atoms with Crippen molar-refractivity contribution in [2.45, 2.75) is 53.7 Å². The van der Waals surface area contributed by atoms with E-state index in [9.17, 15) is 9.59 Å². The lowest BCUT2D eigenvalue weighted by Crippen LogP contribution is -2.28. The molecule has 2 aromatic rings. The zero-order valence-electron chi connectivity index (χ0n) is 16.2. The number of ether oxygens (including phenoxy) is 1. The summed E-state index contributed by atoms with van der Waals surface area (Å²) in [5, 5.41) is 6.91. The number of pyridine rings is 1. The summed E-state index contributed by atoms with van der Waals surface area (Å²) < 4.78 is 7.09. The molecule has 0 unspecified atom stereocenters. The van der Waals surface area contributed by atoms with Crippen molar-refractivity contribution < 1.29 is 14.3 Å². The third-order valence-corrected chi connectivity index (χ3v) is 3.57. The second kappa shape index (κ2) is 7.68. The molecule has 1 N–H and O–H groups in total. The zero-order valence-corrected chi connectivity index (χ0v) is 16.2. The van der Waals surface area contributed by atoms with E-state index in [1.807, 2.05) is 13.1 Å². The number of rotatable bonds is 5. The van der Waals surface area contributed by atoms with E-state index < -0.39 is 11.7 Å². The fourth-order valence-electron chi connectivity index (χ4n) is 2.29. The molecule has 0 aromatic carbocycles. The summed E-state index contributed by atoms with van der Waals surface area (Å²) in [7, 11) is 0. The second-order valence-corrected chi connectivity index (χ2v) is 7.35. The van der Waals surface area contributed by atoms with Gasteiger partial charge in [-0.15, -0.1) is 0 Å².